The molecule has 4 atom stereocenters. The Balaban J connectivity index is 1.59. The molecule has 2 unspecified atom stereocenters. The number of aromatic nitrogens is 1. The van der Waals surface area contributed by atoms with Gasteiger partial charge < -0.3 is 24.3 Å². The van der Waals surface area contributed by atoms with E-state index in [2.05, 4.69) is 28.9 Å². The molecule has 3 aliphatic rings. The number of rotatable bonds is 4. The van der Waals surface area contributed by atoms with Gasteiger partial charge in [0.1, 0.15) is 12.0 Å². The van der Waals surface area contributed by atoms with Crippen molar-refractivity contribution in [3.8, 4) is 5.75 Å². The number of aryl methyl sites for hydroxylation is 1. The molecular weight excluding hydrogens is 468 g/mol. The number of ether oxygens (including phenoxy) is 3. The van der Waals surface area contributed by atoms with Crippen molar-refractivity contribution in [1.29, 1.82) is 0 Å². The van der Waals surface area contributed by atoms with E-state index in [1.54, 1.807) is 19.2 Å². The molecule has 0 spiro atoms. The molecule has 1 aromatic heterocycles. The van der Waals surface area contributed by atoms with Crippen molar-refractivity contribution in [2.75, 3.05) is 26.9 Å². The van der Waals surface area contributed by atoms with Crippen LogP contribution in [0.4, 0.5) is 0 Å². The summed E-state index contributed by atoms with van der Waals surface area (Å²) in [4.78, 5) is 17.3. The van der Waals surface area contributed by atoms with E-state index in [1.165, 1.54) is 12.8 Å². The summed E-state index contributed by atoms with van der Waals surface area (Å²) in [6.45, 7) is 4.37. The Hall–Kier alpha value is -2.87. The zero-order valence-electron chi connectivity index (χ0n) is 21.9. The minimum Gasteiger partial charge on any atom is -0.496 e. The van der Waals surface area contributed by atoms with E-state index in [9.17, 15) is 9.90 Å². The molecule has 0 aliphatic carbocycles. The Morgan fingerprint density at radius 2 is 1.78 bits per heavy atom. The summed E-state index contributed by atoms with van der Waals surface area (Å²) in [5, 5.41) is 10.5. The lowest BCUT2D eigenvalue weighted by atomic mass is 9.90. The lowest BCUT2D eigenvalue weighted by Gasteiger charge is -2.44. The van der Waals surface area contributed by atoms with Gasteiger partial charge in [0.2, 0.25) is 0 Å². The van der Waals surface area contributed by atoms with Crippen LogP contribution in [0.1, 0.15) is 84.3 Å². The third-order valence-electron chi connectivity index (χ3n) is 7.87. The first-order valence-electron chi connectivity index (χ1n) is 13.5. The number of benzene rings is 2. The van der Waals surface area contributed by atoms with Crippen molar-refractivity contribution in [1.82, 2.24) is 9.88 Å². The standard InChI is InChI=1S/C30H38N2O5/c1-20-18-26(35-2)27(24-12-14-31-28(20)24)29-32-15-13-23(36-16-6-4-3-5-7-17-37-29)19-25(32)21-8-10-22(11-9-21)30(33)34/h8-12,14,18,23,25,29,31H,3-7,13,15-17,19H2,1-2H3,(H,33,34)/t23-,25-,29?/m0/s1. The minimum atomic E-state index is -0.914. The van der Waals surface area contributed by atoms with Crippen molar-refractivity contribution >= 4 is 16.9 Å². The van der Waals surface area contributed by atoms with E-state index in [-0.39, 0.29) is 18.4 Å². The SMILES string of the molecule is COc1cc(C)c2[nH]ccc2c1C1OCCCCCCCO[C@H]2CCN1[C@H](c1ccc(C(=O)O)cc1)C2. The van der Waals surface area contributed by atoms with Gasteiger partial charge in [-0.05, 0) is 68.0 Å². The number of H-pyrrole nitrogens is 1. The van der Waals surface area contributed by atoms with Gasteiger partial charge in [0.05, 0.1) is 18.8 Å². The fraction of sp³-hybridized carbons (Fsp3) is 0.500. The largest absolute Gasteiger partial charge is 0.496 e. The molecule has 0 saturated carbocycles. The zero-order valence-corrected chi connectivity index (χ0v) is 21.9. The first-order chi connectivity index (χ1) is 18.1. The quantitative estimate of drug-likeness (QED) is 0.427. The molecule has 3 fully saturated rings. The molecule has 3 aliphatic heterocycles. The highest BCUT2D eigenvalue weighted by atomic mass is 16.5. The molecule has 2 aromatic carbocycles. The maximum Gasteiger partial charge on any atom is 0.335 e. The monoisotopic (exact) mass is 506 g/mol. The molecule has 0 amide bonds. The van der Waals surface area contributed by atoms with Crippen LogP contribution >= 0.6 is 0 Å². The van der Waals surface area contributed by atoms with E-state index in [1.807, 2.05) is 18.3 Å². The predicted molar refractivity (Wildman–Crippen MR) is 143 cm³/mol. The van der Waals surface area contributed by atoms with Crippen molar-refractivity contribution in [2.24, 2.45) is 0 Å². The molecule has 7 heteroatoms. The van der Waals surface area contributed by atoms with Gasteiger partial charge in [-0.3, -0.25) is 4.90 Å². The highest BCUT2D eigenvalue weighted by Crippen LogP contribution is 2.44. The van der Waals surface area contributed by atoms with E-state index in [0.717, 1.165) is 78.6 Å². The van der Waals surface area contributed by atoms with Crippen LogP contribution in [-0.4, -0.2) is 53.9 Å². The summed E-state index contributed by atoms with van der Waals surface area (Å²) in [6, 6.07) is 11.5. The number of hydrogen-bond donors (Lipinski definition) is 2. The fourth-order valence-electron chi connectivity index (χ4n) is 5.91. The first-order valence-corrected chi connectivity index (χ1v) is 13.5. The molecule has 2 bridgehead atoms. The molecule has 6 rings (SSSR count). The lowest BCUT2D eigenvalue weighted by molar-refractivity contribution is -0.119. The average Bonchev–Trinajstić information content (AvgIpc) is 3.41. The Morgan fingerprint density at radius 3 is 2.51 bits per heavy atom. The number of carboxylic acids is 1. The van der Waals surface area contributed by atoms with E-state index in [0.29, 0.717) is 12.2 Å². The third kappa shape index (κ3) is 5.54. The molecule has 0 radical (unpaired) electrons. The second kappa shape index (κ2) is 11.7. The summed E-state index contributed by atoms with van der Waals surface area (Å²) < 4.78 is 19.1. The number of nitrogens with zero attached hydrogens (tertiary/aromatic N) is 1. The van der Waals surface area contributed by atoms with Gasteiger partial charge >= 0.3 is 5.97 Å². The maximum absolute atomic E-state index is 11.5. The number of carboxylic acid groups (broad SMARTS) is 1. The van der Waals surface area contributed by atoms with Crippen LogP contribution in [0.5, 0.6) is 5.75 Å². The number of nitrogens with one attached hydrogen (secondary N) is 1. The van der Waals surface area contributed by atoms with Gasteiger partial charge in [-0.2, -0.15) is 0 Å². The average molecular weight is 507 g/mol. The molecule has 4 heterocycles. The van der Waals surface area contributed by atoms with E-state index >= 15 is 0 Å². The van der Waals surface area contributed by atoms with Gasteiger partial charge in [0.25, 0.3) is 0 Å². The molecule has 198 valence electrons. The van der Waals surface area contributed by atoms with Crippen LogP contribution in [0.2, 0.25) is 0 Å². The van der Waals surface area contributed by atoms with Crippen LogP contribution in [0.3, 0.4) is 0 Å². The van der Waals surface area contributed by atoms with Gasteiger partial charge in [0, 0.05) is 48.5 Å². The van der Waals surface area contributed by atoms with E-state index in [4.69, 9.17) is 14.2 Å². The summed E-state index contributed by atoms with van der Waals surface area (Å²) in [7, 11) is 1.72. The number of carbonyl (C=O) groups is 1. The molecule has 3 saturated heterocycles. The van der Waals surface area contributed by atoms with Gasteiger partial charge in [0.15, 0.2) is 0 Å². The first kappa shape index (κ1) is 25.8. The predicted octanol–water partition coefficient (Wildman–Crippen LogP) is 6.38. The molecule has 2 N–H and O–H groups in total. The molecule has 3 aromatic rings. The summed E-state index contributed by atoms with van der Waals surface area (Å²) >= 11 is 0. The zero-order chi connectivity index (χ0) is 25.8. The second-order valence-corrected chi connectivity index (χ2v) is 10.3. The number of aromatic amines is 1. The van der Waals surface area contributed by atoms with Crippen LogP contribution in [0.25, 0.3) is 10.9 Å². The molecule has 37 heavy (non-hydrogen) atoms. The van der Waals surface area contributed by atoms with Crippen molar-refractivity contribution in [3.63, 3.8) is 0 Å². The van der Waals surface area contributed by atoms with Gasteiger partial charge in [-0.25, -0.2) is 4.79 Å². The van der Waals surface area contributed by atoms with Crippen LogP contribution in [0.15, 0.2) is 42.6 Å². The number of aromatic carboxylic acids is 1. The highest BCUT2D eigenvalue weighted by molar-refractivity contribution is 5.88. The smallest absolute Gasteiger partial charge is 0.335 e. The minimum absolute atomic E-state index is 0.0227. The molecule has 7 nitrogen and oxygen atoms in total. The Bertz CT molecular complexity index is 1200. The number of methoxy groups -OCH3 is 1. The highest BCUT2D eigenvalue weighted by Gasteiger charge is 2.38. The van der Waals surface area contributed by atoms with Crippen molar-refractivity contribution < 1.29 is 24.1 Å². The normalized spacial score (nSPS) is 25.6. The van der Waals surface area contributed by atoms with Crippen molar-refractivity contribution in [3.05, 3.63) is 64.8 Å². The third-order valence-corrected chi connectivity index (χ3v) is 7.87. The van der Waals surface area contributed by atoms with E-state index < -0.39 is 5.97 Å². The fourth-order valence-corrected chi connectivity index (χ4v) is 5.91. The number of piperidine rings is 1. The Kier molecular flexibility index (Phi) is 8.13. The topological polar surface area (TPSA) is 84.0 Å². The number of hydrogen-bond acceptors (Lipinski definition) is 5. The van der Waals surface area contributed by atoms with Crippen LogP contribution in [-0.2, 0) is 9.47 Å². The lowest BCUT2D eigenvalue weighted by Crippen LogP contribution is -2.43. The van der Waals surface area contributed by atoms with Gasteiger partial charge in [-0.1, -0.05) is 31.4 Å². The van der Waals surface area contributed by atoms with Crippen molar-refractivity contribution in [2.45, 2.75) is 70.2 Å². The second-order valence-electron chi connectivity index (χ2n) is 10.3. The summed E-state index contributed by atoms with van der Waals surface area (Å²) in [5.74, 6) is -0.0859. The Morgan fingerprint density at radius 1 is 1.05 bits per heavy atom. The summed E-state index contributed by atoms with van der Waals surface area (Å²) in [6.07, 6.45) is 9.21. The maximum atomic E-state index is 11.5. The Labute approximate surface area is 218 Å². The van der Waals surface area contributed by atoms with Gasteiger partial charge in [-0.15, -0.1) is 0 Å². The summed E-state index contributed by atoms with van der Waals surface area (Å²) in [5.41, 5.74) is 4.65. The molecular formula is C30H38N2O5. The van der Waals surface area contributed by atoms with Crippen LogP contribution < -0.4 is 4.74 Å². The number of fused-ring (bicyclic) bond motifs is 12. The van der Waals surface area contributed by atoms with Crippen LogP contribution in [0, 0.1) is 6.92 Å².